The summed E-state index contributed by atoms with van der Waals surface area (Å²) in [7, 11) is 1.55. The highest BCUT2D eigenvalue weighted by molar-refractivity contribution is 5.36. The van der Waals surface area contributed by atoms with Crippen molar-refractivity contribution in [1.29, 1.82) is 0 Å². The number of aliphatic hydroxyl groups excluding tert-OH is 1. The summed E-state index contributed by atoms with van der Waals surface area (Å²) in [5.74, 6) is 0.826. The van der Waals surface area contributed by atoms with Crippen LogP contribution in [-0.2, 0) is 0 Å². The predicted molar refractivity (Wildman–Crippen MR) is 68.1 cm³/mol. The van der Waals surface area contributed by atoms with Crippen LogP contribution in [0.15, 0.2) is 18.2 Å². The molecule has 1 fully saturated rings. The highest BCUT2D eigenvalue weighted by atomic mass is 19.1. The molecule has 18 heavy (non-hydrogen) atoms. The van der Waals surface area contributed by atoms with Crippen LogP contribution in [0.3, 0.4) is 0 Å². The molecule has 1 aliphatic carbocycles. The van der Waals surface area contributed by atoms with Crippen molar-refractivity contribution in [3.63, 3.8) is 0 Å². The molecule has 0 amide bonds. The highest BCUT2D eigenvalue weighted by Crippen LogP contribution is 2.30. The summed E-state index contributed by atoms with van der Waals surface area (Å²) in [6.07, 6.45) is 1.54. The van der Waals surface area contributed by atoms with Crippen molar-refractivity contribution in [2.24, 2.45) is 5.92 Å². The lowest BCUT2D eigenvalue weighted by molar-refractivity contribution is 0.0420. The zero-order chi connectivity index (χ0) is 13.1. The maximum atomic E-state index is 13.8. The third kappa shape index (κ3) is 2.82. The van der Waals surface area contributed by atoms with Gasteiger partial charge in [-0.25, -0.2) is 4.39 Å². The van der Waals surface area contributed by atoms with E-state index in [9.17, 15) is 9.50 Å². The van der Waals surface area contributed by atoms with Crippen LogP contribution in [0.5, 0.6) is 5.75 Å². The van der Waals surface area contributed by atoms with Gasteiger partial charge < -0.3 is 15.2 Å². The molecule has 1 aliphatic rings. The van der Waals surface area contributed by atoms with Crippen LogP contribution in [0.1, 0.15) is 31.4 Å². The van der Waals surface area contributed by atoms with Gasteiger partial charge in [-0.05, 0) is 44.4 Å². The first-order valence-corrected chi connectivity index (χ1v) is 6.35. The maximum absolute atomic E-state index is 13.8. The Hall–Kier alpha value is -1.13. The Balaban J connectivity index is 1.97. The average Bonchev–Trinajstić information content (AvgIpc) is 2.32. The Morgan fingerprint density at radius 2 is 2.22 bits per heavy atom. The average molecular weight is 253 g/mol. The summed E-state index contributed by atoms with van der Waals surface area (Å²) >= 11 is 0. The van der Waals surface area contributed by atoms with E-state index >= 15 is 0 Å². The number of methoxy groups -OCH3 is 1. The number of hydrogen-bond acceptors (Lipinski definition) is 3. The Labute approximate surface area is 107 Å². The second-order valence-electron chi connectivity index (χ2n) is 4.98. The summed E-state index contributed by atoms with van der Waals surface area (Å²) in [4.78, 5) is 0. The molecule has 0 saturated heterocycles. The molecule has 2 N–H and O–H groups in total. The van der Waals surface area contributed by atoms with Crippen LogP contribution in [0.25, 0.3) is 0 Å². The molecule has 1 unspecified atom stereocenters. The van der Waals surface area contributed by atoms with Crippen molar-refractivity contribution in [2.45, 2.75) is 31.9 Å². The highest BCUT2D eigenvalue weighted by Gasteiger charge is 2.27. The van der Waals surface area contributed by atoms with E-state index in [4.69, 9.17) is 4.74 Å². The van der Waals surface area contributed by atoms with Crippen molar-refractivity contribution >= 4 is 0 Å². The number of benzene rings is 1. The Morgan fingerprint density at radius 1 is 1.50 bits per heavy atom. The minimum Gasteiger partial charge on any atom is -0.496 e. The van der Waals surface area contributed by atoms with Gasteiger partial charge in [0.15, 0.2) is 0 Å². The largest absolute Gasteiger partial charge is 0.496 e. The molecule has 0 bridgehead atoms. The number of halogens is 1. The molecule has 4 heteroatoms. The SMILES string of the molecule is COc1cccc(F)c1C(C)NCC1CC(O)C1. The standard InChI is InChI=1S/C14H20FNO2/c1-9(16-8-10-6-11(17)7-10)14-12(15)4-3-5-13(14)18-2/h3-5,9-11,16-17H,6-8H2,1-2H3. The van der Waals surface area contributed by atoms with Gasteiger partial charge in [0.05, 0.1) is 13.2 Å². The minimum absolute atomic E-state index is 0.0982. The van der Waals surface area contributed by atoms with E-state index in [2.05, 4.69) is 5.32 Å². The fourth-order valence-electron chi connectivity index (χ4n) is 2.43. The molecule has 1 aromatic carbocycles. The van der Waals surface area contributed by atoms with E-state index in [0.29, 0.717) is 17.2 Å². The first kappa shape index (κ1) is 13.3. The van der Waals surface area contributed by atoms with Crippen LogP contribution >= 0.6 is 0 Å². The van der Waals surface area contributed by atoms with Crippen molar-refractivity contribution in [3.05, 3.63) is 29.6 Å². The number of hydrogen-bond donors (Lipinski definition) is 2. The van der Waals surface area contributed by atoms with Crippen LogP contribution < -0.4 is 10.1 Å². The molecule has 0 aliphatic heterocycles. The van der Waals surface area contributed by atoms with Crippen molar-refractivity contribution in [1.82, 2.24) is 5.32 Å². The number of rotatable bonds is 5. The van der Waals surface area contributed by atoms with Gasteiger partial charge in [0.1, 0.15) is 11.6 Å². The Morgan fingerprint density at radius 3 is 2.83 bits per heavy atom. The molecule has 0 radical (unpaired) electrons. The predicted octanol–water partition coefficient (Wildman–Crippen LogP) is 2.26. The lowest BCUT2D eigenvalue weighted by atomic mass is 9.82. The number of nitrogens with one attached hydrogen (secondary N) is 1. The van der Waals surface area contributed by atoms with Gasteiger partial charge in [-0.2, -0.15) is 0 Å². The van der Waals surface area contributed by atoms with E-state index in [-0.39, 0.29) is 18.0 Å². The first-order valence-electron chi connectivity index (χ1n) is 6.35. The summed E-state index contributed by atoms with van der Waals surface area (Å²) in [5, 5.41) is 12.5. The second kappa shape index (κ2) is 5.67. The molecule has 0 heterocycles. The first-order chi connectivity index (χ1) is 8.61. The van der Waals surface area contributed by atoms with Gasteiger partial charge in [-0.15, -0.1) is 0 Å². The summed E-state index contributed by atoms with van der Waals surface area (Å²) in [5.41, 5.74) is 0.569. The van der Waals surface area contributed by atoms with Crippen molar-refractivity contribution in [2.75, 3.05) is 13.7 Å². The van der Waals surface area contributed by atoms with E-state index < -0.39 is 0 Å². The third-order valence-electron chi connectivity index (χ3n) is 3.59. The molecule has 1 saturated carbocycles. The van der Waals surface area contributed by atoms with Crippen LogP contribution in [0, 0.1) is 11.7 Å². The number of aliphatic hydroxyl groups is 1. The Bertz CT molecular complexity index is 405. The summed E-state index contributed by atoms with van der Waals surface area (Å²) in [6.45, 7) is 2.73. The van der Waals surface area contributed by atoms with Gasteiger partial charge >= 0.3 is 0 Å². The molecule has 3 nitrogen and oxygen atoms in total. The van der Waals surface area contributed by atoms with Gasteiger partial charge in [0.25, 0.3) is 0 Å². The molecule has 1 aromatic rings. The summed E-state index contributed by atoms with van der Waals surface area (Å²) < 4.78 is 19.0. The van der Waals surface area contributed by atoms with Crippen molar-refractivity contribution < 1.29 is 14.2 Å². The van der Waals surface area contributed by atoms with Crippen molar-refractivity contribution in [3.8, 4) is 5.75 Å². The van der Waals surface area contributed by atoms with E-state index in [1.807, 2.05) is 6.92 Å². The normalized spacial score (nSPS) is 24.4. The van der Waals surface area contributed by atoms with Gasteiger partial charge in [-0.1, -0.05) is 6.07 Å². The lowest BCUT2D eigenvalue weighted by Crippen LogP contribution is -2.37. The summed E-state index contributed by atoms with van der Waals surface area (Å²) in [6, 6.07) is 4.76. The third-order valence-corrected chi connectivity index (χ3v) is 3.59. The maximum Gasteiger partial charge on any atom is 0.131 e. The molecular weight excluding hydrogens is 233 g/mol. The monoisotopic (exact) mass is 253 g/mol. The molecule has 0 spiro atoms. The fraction of sp³-hybridized carbons (Fsp3) is 0.571. The van der Waals surface area contributed by atoms with E-state index in [0.717, 1.165) is 19.4 Å². The van der Waals surface area contributed by atoms with Crippen LogP contribution in [0.4, 0.5) is 4.39 Å². The number of ether oxygens (including phenoxy) is 1. The molecule has 100 valence electrons. The Kier molecular flexibility index (Phi) is 4.19. The fourth-order valence-corrected chi connectivity index (χ4v) is 2.43. The zero-order valence-corrected chi connectivity index (χ0v) is 10.8. The van der Waals surface area contributed by atoms with E-state index in [1.165, 1.54) is 6.07 Å². The zero-order valence-electron chi connectivity index (χ0n) is 10.8. The molecule has 2 rings (SSSR count). The van der Waals surface area contributed by atoms with Crippen LogP contribution in [-0.4, -0.2) is 24.9 Å². The van der Waals surface area contributed by atoms with Gasteiger partial charge in [0.2, 0.25) is 0 Å². The van der Waals surface area contributed by atoms with Gasteiger partial charge in [-0.3, -0.25) is 0 Å². The molecule has 1 atom stereocenters. The van der Waals surface area contributed by atoms with Gasteiger partial charge in [0, 0.05) is 11.6 Å². The minimum atomic E-state index is -0.247. The molecular formula is C14H20FNO2. The second-order valence-corrected chi connectivity index (χ2v) is 4.98. The quantitative estimate of drug-likeness (QED) is 0.845. The topological polar surface area (TPSA) is 41.5 Å². The lowest BCUT2D eigenvalue weighted by Gasteiger charge is -2.32. The van der Waals surface area contributed by atoms with E-state index in [1.54, 1.807) is 19.2 Å². The van der Waals surface area contributed by atoms with Crippen LogP contribution in [0.2, 0.25) is 0 Å². The smallest absolute Gasteiger partial charge is 0.131 e. The molecule has 0 aromatic heterocycles.